The van der Waals surface area contributed by atoms with Gasteiger partial charge in [0.2, 0.25) is 0 Å². The molecule has 2 fully saturated rings. The second-order valence-corrected chi connectivity index (χ2v) is 3.95. The molecule has 0 bridgehead atoms. The molecule has 0 aromatic heterocycles. The molecule has 1 heterocycles. The van der Waals surface area contributed by atoms with Gasteiger partial charge < -0.3 is 10.1 Å². The molecule has 2 nitrogen and oxygen atoms in total. The van der Waals surface area contributed by atoms with E-state index in [1.807, 2.05) is 7.05 Å². The number of carbonyl (C=O) groups is 1. The number of nitrogens with one attached hydrogen (secondary N) is 1. The highest BCUT2D eigenvalue weighted by Gasteiger charge is 2.50. The summed E-state index contributed by atoms with van der Waals surface area (Å²) in [5, 5.41) is 3.17. The summed E-state index contributed by atoms with van der Waals surface area (Å²) in [5.74, 6) is 2.29. The van der Waals surface area contributed by atoms with E-state index in [1.165, 1.54) is 6.42 Å². The van der Waals surface area contributed by atoms with E-state index in [-0.39, 0.29) is 0 Å². The Morgan fingerprint density at radius 1 is 1.67 bits per heavy atom. The van der Waals surface area contributed by atoms with Gasteiger partial charge in [-0.15, -0.1) is 0 Å². The zero-order chi connectivity index (χ0) is 8.55. The van der Waals surface area contributed by atoms with Gasteiger partial charge in [-0.1, -0.05) is 5.82 Å². The van der Waals surface area contributed by atoms with Gasteiger partial charge in [-0.05, 0) is 38.2 Å². The van der Waals surface area contributed by atoms with Crippen LogP contribution in [-0.2, 0) is 4.79 Å². The molecular formula is C9H15BNO. The summed E-state index contributed by atoms with van der Waals surface area (Å²) in [7, 11) is 4.22. The first-order valence-electron chi connectivity index (χ1n) is 4.85. The Balaban J connectivity index is 1.82. The van der Waals surface area contributed by atoms with Crippen molar-refractivity contribution in [1.82, 2.24) is 5.32 Å². The molecule has 0 spiro atoms. The van der Waals surface area contributed by atoms with Crippen molar-refractivity contribution in [3.63, 3.8) is 0 Å². The Morgan fingerprint density at radius 2 is 2.50 bits per heavy atom. The zero-order valence-corrected chi connectivity index (χ0v) is 7.55. The van der Waals surface area contributed by atoms with Crippen LogP contribution in [0.3, 0.4) is 0 Å². The molecule has 1 N–H and O–H groups in total. The van der Waals surface area contributed by atoms with E-state index in [9.17, 15) is 4.79 Å². The van der Waals surface area contributed by atoms with Crippen molar-refractivity contribution < 1.29 is 4.79 Å². The predicted octanol–water partition coefficient (Wildman–Crippen LogP) is 0.870. The first-order valence-corrected chi connectivity index (χ1v) is 4.85. The lowest BCUT2D eigenvalue weighted by Crippen LogP contribution is -2.17. The Bertz CT molecular complexity index is 195. The van der Waals surface area contributed by atoms with Crippen LogP contribution in [0.5, 0.6) is 0 Å². The normalized spacial score (nSPS) is 38.8. The number of carbonyl (C=O) groups excluding carboxylic acids is 1. The van der Waals surface area contributed by atoms with E-state index in [0.29, 0.717) is 17.4 Å². The van der Waals surface area contributed by atoms with Crippen molar-refractivity contribution in [3.05, 3.63) is 0 Å². The summed E-state index contributed by atoms with van der Waals surface area (Å²) in [6, 6.07) is 0. The maximum atomic E-state index is 11.2. The Labute approximate surface area is 74.3 Å². The predicted molar refractivity (Wildman–Crippen MR) is 49.5 cm³/mol. The molecule has 0 amide bonds. The summed E-state index contributed by atoms with van der Waals surface area (Å²) in [5.41, 5.74) is 0. The van der Waals surface area contributed by atoms with E-state index in [4.69, 9.17) is 0 Å². The highest BCUT2D eigenvalue weighted by atomic mass is 16.1. The van der Waals surface area contributed by atoms with Gasteiger partial charge in [-0.25, -0.2) is 0 Å². The molecule has 1 aliphatic carbocycles. The molecule has 1 saturated heterocycles. The molecule has 65 valence electrons. The van der Waals surface area contributed by atoms with Gasteiger partial charge in [-0.2, -0.15) is 0 Å². The molecule has 1 aliphatic heterocycles. The van der Waals surface area contributed by atoms with E-state index < -0.39 is 0 Å². The fraction of sp³-hybridized carbons (Fsp3) is 0.889. The third kappa shape index (κ3) is 1.42. The standard InChI is InChI=1S/C9H15BNO/c1-11-5-4-6-2-3-7(12)9-8(6)10-9/h6,8-9,11H,2-5H2,1H3. The van der Waals surface area contributed by atoms with Gasteiger partial charge in [-0.3, -0.25) is 0 Å². The Morgan fingerprint density at radius 3 is 3.25 bits per heavy atom. The monoisotopic (exact) mass is 164 g/mol. The molecule has 3 heteroatoms. The van der Waals surface area contributed by atoms with Gasteiger partial charge in [0.05, 0.1) is 0 Å². The minimum absolute atomic E-state index is 0.362. The van der Waals surface area contributed by atoms with Crippen LogP contribution in [0.2, 0.25) is 11.6 Å². The second kappa shape index (κ2) is 3.21. The van der Waals surface area contributed by atoms with E-state index >= 15 is 0 Å². The van der Waals surface area contributed by atoms with Crippen molar-refractivity contribution in [2.24, 2.45) is 5.92 Å². The lowest BCUT2D eigenvalue weighted by Gasteiger charge is -2.21. The van der Waals surface area contributed by atoms with Gasteiger partial charge in [0.25, 0.3) is 0 Å². The summed E-state index contributed by atoms with van der Waals surface area (Å²) in [6.07, 6.45) is 3.19. The fourth-order valence-electron chi connectivity index (χ4n) is 2.30. The van der Waals surface area contributed by atoms with Crippen molar-refractivity contribution in [3.8, 4) is 0 Å². The highest BCUT2D eigenvalue weighted by molar-refractivity contribution is 6.61. The quantitative estimate of drug-likeness (QED) is 0.627. The molecule has 2 aliphatic rings. The van der Waals surface area contributed by atoms with E-state index in [1.54, 1.807) is 0 Å². The first kappa shape index (κ1) is 8.30. The largest absolute Gasteiger partial charge is 0.320 e. The molecule has 3 unspecified atom stereocenters. The molecular weight excluding hydrogens is 149 g/mol. The summed E-state index contributed by atoms with van der Waals surface area (Å²) < 4.78 is 0. The van der Waals surface area contributed by atoms with E-state index in [0.717, 1.165) is 25.3 Å². The summed E-state index contributed by atoms with van der Waals surface area (Å²) in [4.78, 5) is 11.2. The van der Waals surface area contributed by atoms with Crippen molar-refractivity contribution in [2.45, 2.75) is 30.9 Å². The van der Waals surface area contributed by atoms with Crippen LogP contribution in [0.25, 0.3) is 0 Å². The highest BCUT2D eigenvalue weighted by Crippen LogP contribution is 2.54. The number of hydrogen-bond donors (Lipinski definition) is 1. The number of ketones is 1. The number of fused-ring (bicyclic) bond motifs is 1. The second-order valence-electron chi connectivity index (χ2n) is 3.95. The average Bonchev–Trinajstić information content (AvgIpc) is 2.83. The first-order chi connectivity index (χ1) is 5.83. The SMILES string of the molecule is CNCCC1CCC(=O)C2[B]C12. The van der Waals surface area contributed by atoms with Crippen LogP contribution >= 0.6 is 0 Å². The molecule has 1 radical (unpaired) electrons. The van der Waals surface area contributed by atoms with Crippen LogP contribution in [0.4, 0.5) is 0 Å². The minimum atomic E-state index is 0.362. The third-order valence-electron chi connectivity index (χ3n) is 3.15. The molecule has 0 aromatic rings. The molecule has 0 aromatic carbocycles. The molecule has 1 saturated carbocycles. The zero-order valence-electron chi connectivity index (χ0n) is 7.55. The number of Topliss-reactive ketones (excluding diaryl/α,β-unsaturated/α-hetero) is 1. The topological polar surface area (TPSA) is 29.1 Å². The van der Waals surface area contributed by atoms with Gasteiger partial charge >= 0.3 is 0 Å². The van der Waals surface area contributed by atoms with Crippen LogP contribution in [0.15, 0.2) is 0 Å². The maximum Gasteiger partial charge on any atom is 0.127 e. The smallest absolute Gasteiger partial charge is 0.127 e. The Kier molecular flexibility index (Phi) is 2.22. The van der Waals surface area contributed by atoms with Crippen LogP contribution in [0, 0.1) is 5.92 Å². The average molecular weight is 164 g/mol. The lowest BCUT2D eigenvalue weighted by atomic mass is 9.84. The number of hydrogen-bond acceptors (Lipinski definition) is 2. The van der Waals surface area contributed by atoms with Gasteiger partial charge in [0.1, 0.15) is 13.1 Å². The maximum absolute atomic E-state index is 11.2. The minimum Gasteiger partial charge on any atom is -0.320 e. The van der Waals surface area contributed by atoms with Crippen LogP contribution in [0.1, 0.15) is 19.3 Å². The van der Waals surface area contributed by atoms with Crippen LogP contribution < -0.4 is 5.32 Å². The summed E-state index contributed by atoms with van der Waals surface area (Å²) in [6.45, 7) is 1.09. The number of rotatable bonds is 3. The Hall–Kier alpha value is -0.305. The van der Waals surface area contributed by atoms with Crippen LogP contribution in [-0.4, -0.2) is 26.7 Å². The molecule has 3 atom stereocenters. The van der Waals surface area contributed by atoms with E-state index in [2.05, 4.69) is 12.6 Å². The molecule has 12 heavy (non-hydrogen) atoms. The van der Waals surface area contributed by atoms with Gasteiger partial charge in [0.15, 0.2) is 0 Å². The van der Waals surface area contributed by atoms with Crippen molar-refractivity contribution >= 4 is 13.1 Å². The van der Waals surface area contributed by atoms with Gasteiger partial charge in [0, 0.05) is 6.42 Å². The fourth-order valence-corrected chi connectivity index (χ4v) is 2.30. The summed E-state index contributed by atoms with van der Waals surface area (Å²) >= 11 is 0. The molecule has 2 rings (SSSR count). The van der Waals surface area contributed by atoms with Crippen molar-refractivity contribution in [2.75, 3.05) is 13.6 Å². The third-order valence-corrected chi connectivity index (χ3v) is 3.15. The lowest BCUT2D eigenvalue weighted by molar-refractivity contribution is -0.119. The van der Waals surface area contributed by atoms with Crippen molar-refractivity contribution in [1.29, 1.82) is 0 Å².